The molecule has 0 spiro atoms. The van der Waals surface area contributed by atoms with Crippen LogP contribution in [0.2, 0.25) is 0 Å². The highest BCUT2D eigenvalue weighted by molar-refractivity contribution is 6.05. The summed E-state index contributed by atoms with van der Waals surface area (Å²) in [6.45, 7) is 11.6. The van der Waals surface area contributed by atoms with Crippen LogP contribution >= 0.6 is 0 Å². The van der Waals surface area contributed by atoms with Crippen molar-refractivity contribution in [2.24, 2.45) is 17.8 Å². The van der Waals surface area contributed by atoms with Crippen molar-refractivity contribution < 1.29 is 39.1 Å². The predicted molar refractivity (Wildman–Crippen MR) is 156 cm³/mol. The van der Waals surface area contributed by atoms with Gasteiger partial charge in [0.05, 0.1) is 12.2 Å². The molecule has 3 saturated heterocycles. The number of unbranched alkanes of at least 4 members (excludes halogenated alkanes) is 7. The third-order valence-corrected chi connectivity index (χ3v) is 11.2. The third-order valence-electron chi connectivity index (χ3n) is 11.2. The van der Waals surface area contributed by atoms with Gasteiger partial charge in [0.2, 0.25) is 0 Å². The van der Waals surface area contributed by atoms with Crippen molar-refractivity contribution in [3.63, 3.8) is 0 Å². The molecule has 6 aliphatic rings. The topological polar surface area (TPSA) is 118 Å². The number of ketones is 1. The smallest absolute Gasteiger partial charge is 0.306 e. The summed E-state index contributed by atoms with van der Waals surface area (Å²) in [7, 11) is 0. The van der Waals surface area contributed by atoms with E-state index < -0.39 is 70.9 Å². The van der Waals surface area contributed by atoms with E-state index in [-0.39, 0.29) is 5.92 Å². The molecule has 3 heterocycles. The molecule has 0 aromatic rings. The number of aliphatic hydroxyl groups is 3. The standard InChI is InChI=1S/C34H48O8/c1-6-7-8-9-10-11-12-13-14-15-16-17-32-40-27-25-28-31(20-35,39-28)29(37)33(38)24(18-22(4)26(33)36)34(25,42-32)23(5)19-30(27,41-32)21(2)3/h14-18,23-25,27-29,35,37-38H,2,6-13,19-20H2,1,3-5H3/b15-14-,17-16+/t23-,24-,25-,27-,28+,29-,30-,31+,32-,33-,34+/m1/s1. The van der Waals surface area contributed by atoms with Crippen LogP contribution in [0.1, 0.15) is 85.5 Å². The molecule has 8 heteroatoms. The summed E-state index contributed by atoms with van der Waals surface area (Å²) in [6.07, 6.45) is 16.9. The van der Waals surface area contributed by atoms with Crippen LogP contribution in [0.15, 0.2) is 48.1 Å². The molecule has 5 fully saturated rings. The van der Waals surface area contributed by atoms with Gasteiger partial charge in [0.25, 0.3) is 0 Å². The van der Waals surface area contributed by atoms with Gasteiger partial charge in [-0.2, -0.15) is 0 Å². The highest BCUT2D eigenvalue weighted by Gasteiger charge is 2.88. The van der Waals surface area contributed by atoms with Crippen LogP contribution in [0.4, 0.5) is 0 Å². The summed E-state index contributed by atoms with van der Waals surface area (Å²) in [6, 6.07) is 0. The number of fused-ring (bicyclic) bond motifs is 3. The first-order valence-corrected chi connectivity index (χ1v) is 16.0. The number of allylic oxidation sites excluding steroid dienone is 3. The largest absolute Gasteiger partial charge is 0.393 e. The molecular formula is C34H48O8. The van der Waals surface area contributed by atoms with Crippen molar-refractivity contribution in [1.29, 1.82) is 0 Å². The highest BCUT2D eigenvalue weighted by atomic mass is 16.9. The van der Waals surface area contributed by atoms with E-state index >= 15 is 0 Å². The maximum Gasteiger partial charge on any atom is 0.306 e. The lowest BCUT2D eigenvalue weighted by Gasteiger charge is -2.59. The first-order chi connectivity index (χ1) is 20.0. The average molecular weight is 585 g/mol. The molecule has 42 heavy (non-hydrogen) atoms. The van der Waals surface area contributed by atoms with Crippen molar-refractivity contribution in [2.45, 2.75) is 132 Å². The third kappa shape index (κ3) is 3.95. The molecule has 3 aliphatic carbocycles. The Morgan fingerprint density at radius 1 is 1.10 bits per heavy atom. The molecule has 0 unspecified atom stereocenters. The molecule has 0 amide bonds. The van der Waals surface area contributed by atoms with Crippen LogP contribution in [-0.2, 0) is 23.7 Å². The zero-order chi connectivity index (χ0) is 30.1. The fourth-order valence-corrected chi connectivity index (χ4v) is 8.98. The summed E-state index contributed by atoms with van der Waals surface area (Å²) in [4.78, 5) is 13.5. The van der Waals surface area contributed by atoms with E-state index in [0.29, 0.717) is 12.0 Å². The van der Waals surface area contributed by atoms with Gasteiger partial charge in [0, 0.05) is 17.9 Å². The maximum atomic E-state index is 13.5. The SMILES string of the molecule is C=C(C)[C@]12C[C@@H](C)[C@@]34O[C@](/C=C/C=C\CCCCCCCCC)(O[C@@H]1[C@@H]3[C@@H]1O[C@]1(CO)[C@@H](O)[C@]1(O)C(=O)C(C)=C[C@H]14)O2. The van der Waals surface area contributed by atoms with E-state index in [9.17, 15) is 20.1 Å². The molecule has 6 rings (SSSR count). The number of epoxide rings is 1. The van der Waals surface area contributed by atoms with Gasteiger partial charge in [0.15, 0.2) is 11.4 Å². The van der Waals surface area contributed by atoms with E-state index in [4.69, 9.17) is 18.9 Å². The van der Waals surface area contributed by atoms with Crippen molar-refractivity contribution >= 4 is 5.78 Å². The Labute approximate surface area is 249 Å². The molecule has 3 bridgehead atoms. The predicted octanol–water partition coefficient (Wildman–Crippen LogP) is 4.43. The van der Waals surface area contributed by atoms with E-state index in [1.54, 1.807) is 19.1 Å². The number of rotatable bonds is 12. The van der Waals surface area contributed by atoms with Crippen molar-refractivity contribution in [1.82, 2.24) is 0 Å². The van der Waals surface area contributed by atoms with Gasteiger partial charge < -0.3 is 34.3 Å². The van der Waals surface area contributed by atoms with Gasteiger partial charge in [-0.25, -0.2) is 0 Å². The number of aliphatic hydroxyl groups excluding tert-OH is 2. The highest BCUT2D eigenvalue weighted by Crippen LogP contribution is 2.72. The molecule has 11 atom stereocenters. The van der Waals surface area contributed by atoms with Crippen molar-refractivity contribution in [3.05, 3.63) is 48.1 Å². The minimum absolute atomic E-state index is 0.236. The molecule has 232 valence electrons. The summed E-state index contributed by atoms with van der Waals surface area (Å²) in [5, 5.41) is 34.2. The van der Waals surface area contributed by atoms with E-state index in [1.165, 1.54) is 38.5 Å². The van der Waals surface area contributed by atoms with Gasteiger partial charge in [-0.05, 0) is 50.2 Å². The first kappa shape index (κ1) is 30.4. The van der Waals surface area contributed by atoms with Gasteiger partial charge in [-0.3, -0.25) is 4.79 Å². The molecule has 2 saturated carbocycles. The molecule has 0 aromatic heterocycles. The van der Waals surface area contributed by atoms with Gasteiger partial charge in [-0.15, -0.1) is 0 Å². The second kappa shape index (κ2) is 10.5. The Balaban J connectivity index is 1.31. The minimum atomic E-state index is -2.22. The van der Waals surface area contributed by atoms with Crippen LogP contribution in [0.25, 0.3) is 0 Å². The van der Waals surface area contributed by atoms with Crippen molar-refractivity contribution in [3.8, 4) is 0 Å². The number of carbonyl (C=O) groups is 1. The Morgan fingerprint density at radius 2 is 1.81 bits per heavy atom. The summed E-state index contributed by atoms with van der Waals surface area (Å²) >= 11 is 0. The Bertz CT molecular complexity index is 1210. The normalized spacial score (nSPS) is 48.4. The van der Waals surface area contributed by atoms with Gasteiger partial charge in [-0.1, -0.05) is 83.3 Å². The number of hydrogen-bond acceptors (Lipinski definition) is 8. The van der Waals surface area contributed by atoms with E-state index in [0.717, 1.165) is 18.4 Å². The lowest BCUT2D eigenvalue weighted by Crippen LogP contribution is -2.72. The van der Waals surface area contributed by atoms with Crippen LogP contribution in [0, 0.1) is 17.8 Å². The number of hydrogen-bond donors (Lipinski definition) is 3. The lowest BCUT2D eigenvalue weighted by atomic mass is 9.54. The van der Waals surface area contributed by atoms with E-state index in [1.807, 2.05) is 26.0 Å². The second-order valence-corrected chi connectivity index (χ2v) is 13.7. The molecule has 3 N–H and O–H groups in total. The number of carbonyl (C=O) groups excluding carboxylic acids is 1. The van der Waals surface area contributed by atoms with Crippen LogP contribution < -0.4 is 0 Å². The molecule has 8 nitrogen and oxygen atoms in total. The fourth-order valence-electron chi connectivity index (χ4n) is 8.98. The average Bonchev–Trinajstić information content (AvgIpc) is 3.60. The monoisotopic (exact) mass is 584 g/mol. The van der Waals surface area contributed by atoms with Gasteiger partial charge in [0.1, 0.15) is 29.5 Å². The maximum absolute atomic E-state index is 13.5. The lowest BCUT2D eigenvalue weighted by molar-refractivity contribution is -0.406. The number of Topliss-reactive ketones (excluding diaryl/α,β-unsaturated/α-hetero) is 1. The zero-order valence-corrected chi connectivity index (χ0v) is 25.5. The molecule has 0 aromatic carbocycles. The fraction of sp³-hybridized carbons (Fsp3) is 0.735. The van der Waals surface area contributed by atoms with Crippen LogP contribution in [0.5, 0.6) is 0 Å². The Kier molecular flexibility index (Phi) is 7.57. The molecular weight excluding hydrogens is 536 g/mol. The van der Waals surface area contributed by atoms with Crippen LogP contribution in [0.3, 0.4) is 0 Å². The van der Waals surface area contributed by atoms with Crippen LogP contribution in [-0.4, -0.2) is 74.4 Å². The molecule has 0 radical (unpaired) electrons. The Hall–Kier alpha value is -1.65. The Morgan fingerprint density at radius 3 is 2.50 bits per heavy atom. The summed E-state index contributed by atoms with van der Waals surface area (Å²) in [5.41, 5.74) is -4.66. The minimum Gasteiger partial charge on any atom is -0.393 e. The van der Waals surface area contributed by atoms with Crippen molar-refractivity contribution in [2.75, 3.05) is 6.61 Å². The van der Waals surface area contributed by atoms with E-state index in [2.05, 4.69) is 19.6 Å². The second-order valence-electron chi connectivity index (χ2n) is 13.7. The van der Waals surface area contributed by atoms with Gasteiger partial charge >= 0.3 is 5.97 Å². The first-order valence-electron chi connectivity index (χ1n) is 16.0. The zero-order valence-electron chi connectivity index (χ0n) is 25.5. The summed E-state index contributed by atoms with van der Waals surface area (Å²) in [5.74, 6) is -3.80. The summed E-state index contributed by atoms with van der Waals surface area (Å²) < 4.78 is 26.5. The molecule has 3 aliphatic heterocycles. The quantitative estimate of drug-likeness (QED) is 0.134. The number of ether oxygens (including phenoxy) is 4.